The molecule has 0 fully saturated rings. The third-order valence-corrected chi connectivity index (χ3v) is 3.42. The Morgan fingerprint density at radius 1 is 1.47 bits per heavy atom. The van der Waals surface area contributed by atoms with Gasteiger partial charge >= 0.3 is 6.18 Å². The number of rotatable bonds is 3. The van der Waals surface area contributed by atoms with Crippen LogP contribution in [0.25, 0.3) is 0 Å². The average molecular weight is 423 g/mol. The van der Waals surface area contributed by atoms with Crippen molar-refractivity contribution in [2.45, 2.75) is 6.18 Å². The summed E-state index contributed by atoms with van der Waals surface area (Å²) in [5.74, 6) is -0.310. The van der Waals surface area contributed by atoms with Gasteiger partial charge in [0.2, 0.25) is 0 Å². The molecule has 1 aromatic rings. The van der Waals surface area contributed by atoms with E-state index in [-0.39, 0.29) is 20.2 Å². The van der Waals surface area contributed by atoms with E-state index in [1.165, 1.54) is 13.2 Å². The molecule has 0 spiro atoms. The quantitative estimate of drug-likeness (QED) is 0.419. The fourth-order valence-electron chi connectivity index (χ4n) is 1.23. The highest BCUT2D eigenvalue weighted by Gasteiger charge is 2.34. The van der Waals surface area contributed by atoms with Crippen LogP contribution in [0.4, 0.5) is 13.2 Å². The maximum atomic E-state index is 12.7. The first-order valence-electron chi connectivity index (χ1n) is 4.35. The van der Waals surface area contributed by atoms with Gasteiger partial charge in [0.1, 0.15) is 5.75 Å². The molecule has 1 aromatic carbocycles. The van der Waals surface area contributed by atoms with Crippen molar-refractivity contribution in [2.24, 2.45) is 0 Å². The van der Waals surface area contributed by atoms with Crippen LogP contribution in [0, 0.1) is 3.57 Å². The van der Waals surface area contributed by atoms with Gasteiger partial charge < -0.3 is 4.74 Å². The van der Waals surface area contributed by atoms with Gasteiger partial charge in [-0.05, 0) is 34.7 Å². The van der Waals surface area contributed by atoms with E-state index in [0.717, 1.165) is 6.07 Å². The lowest BCUT2D eigenvalue weighted by Crippen LogP contribution is -2.12. The van der Waals surface area contributed by atoms with Gasteiger partial charge in [0, 0.05) is 3.57 Å². The summed E-state index contributed by atoms with van der Waals surface area (Å²) in [5, 5.41) is -0.0543. The highest BCUT2D eigenvalue weighted by molar-refractivity contribution is 14.1. The molecule has 0 unspecified atom stereocenters. The number of carbonyl (C=O) groups excluding carboxylic acids is 1. The van der Waals surface area contributed by atoms with Crippen LogP contribution >= 0.6 is 38.5 Å². The number of Topliss-reactive ketones (excluding diaryl/α,β-unsaturated/α-hetero) is 1. The number of benzene rings is 1. The van der Waals surface area contributed by atoms with Crippen molar-refractivity contribution in [2.75, 3.05) is 12.4 Å². The zero-order valence-electron chi connectivity index (χ0n) is 8.57. The zero-order valence-corrected chi connectivity index (χ0v) is 12.3. The van der Waals surface area contributed by atoms with Crippen LogP contribution in [0.2, 0.25) is 0 Å². The van der Waals surface area contributed by atoms with Gasteiger partial charge in [-0.25, -0.2) is 0 Å². The largest absolute Gasteiger partial charge is 0.496 e. The number of halogens is 5. The normalized spacial score (nSPS) is 11.4. The van der Waals surface area contributed by atoms with E-state index in [9.17, 15) is 18.0 Å². The molecule has 0 heterocycles. The van der Waals surface area contributed by atoms with Crippen LogP contribution in [-0.2, 0) is 6.18 Å². The number of ether oxygens (including phenoxy) is 1. The SMILES string of the molecule is COc1cc(I)c(C(F)(F)F)cc1C(=O)CBr. The van der Waals surface area contributed by atoms with Crippen molar-refractivity contribution in [1.82, 2.24) is 0 Å². The van der Waals surface area contributed by atoms with Crippen molar-refractivity contribution in [3.63, 3.8) is 0 Å². The number of hydrogen-bond acceptors (Lipinski definition) is 2. The van der Waals surface area contributed by atoms with Gasteiger partial charge in [-0.15, -0.1) is 0 Å². The van der Waals surface area contributed by atoms with E-state index in [4.69, 9.17) is 4.74 Å². The minimum atomic E-state index is -4.48. The van der Waals surface area contributed by atoms with Crippen LogP contribution in [0.1, 0.15) is 15.9 Å². The molecule has 0 atom stereocenters. The number of ketones is 1. The van der Waals surface area contributed by atoms with E-state index in [2.05, 4.69) is 15.9 Å². The highest BCUT2D eigenvalue weighted by Crippen LogP contribution is 2.36. The molecule has 7 heteroatoms. The second kappa shape index (κ2) is 5.55. The monoisotopic (exact) mass is 422 g/mol. The first kappa shape index (κ1) is 14.7. The summed E-state index contributed by atoms with van der Waals surface area (Å²) in [6.07, 6.45) is -4.48. The predicted octanol–water partition coefficient (Wildman–Crippen LogP) is 3.90. The summed E-state index contributed by atoms with van der Waals surface area (Å²) in [7, 11) is 1.31. The van der Waals surface area contributed by atoms with E-state index in [0.29, 0.717) is 0 Å². The van der Waals surface area contributed by atoms with E-state index < -0.39 is 17.5 Å². The molecular weight excluding hydrogens is 416 g/mol. The summed E-state index contributed by atoms with van der Waals surface area (Å²) in [6.45, 7) is 0. The van der Waals surface area contributed by atoms with Gasteiger partial charge in [-0.1, -0.05) is 15.9 Å². The molecule has 17 heavy (non-hydrogen) atoms. The van der Waals surface area contributed by atoms with Crippen LogP contribution in [-0.4, -0.2) is 18.2 Å². The van der Waals surface area contributed by atoms with Crippen molar-refractivity contribution in [3.05, 3.63) is 26.8 Å². The molecule has 0 radical (unpaired) electrons. The standard InChI is InChI=1S/C10H7BrF3IO2/c1-17-9-3-7(15)6(10(12,13)14)2-5(9)8(16)4-11/h2-3H,4H2,1H3. The van der Waals surface area contributed by atoms with Crippen LogP contribution in [0.5, 0.6) is 5.75 Å². The second-order valence-electron chi connectivity index (χ2n) is 3.09. The Morgan fingerprint density at radius 2 is 2.06 bits per heavy atom. The Hall–Kier alpha value is -0.310. The smallest absolute Gasteiger partial charge is 0.417 e. The Bertz CT molecular complexity index is 446. The molecule has 0 aliphatic carbocycles. The number of methoxy groups -OCH3 is 1. The van der Waals surface area contributed by atoms with Gasteiger partial charge in [-0.2, -0.15) is 13.2 Å². The molecule has 0 saturated carbocycles. The van der Waals surface area contributed by atoms with Gasteiger partial charge in [-0.3, -0.25) is 4.79 Å². The topological polar surface area (TPSA) is 26.3 Å². The zero-order chi connectivity index (χ0) is 13.2. The first-order valence-corrected chi connectivity index (χ1v) is 6.55. The summed E-state index contributed by atoms with van der Waals surface area (Å²) >= 11 is 4.48. The highest BCUT2D eigenvalue weighted by atomic mass is 127. The minimum absolute atomic E-state index is 0.00178. The summed E-state index contributed by atoms with van der Waals surface area (Å²) < 4.78 is 42.9. The van der Waals surface area contributed by atoms with Crippen molar-refractivity contribution in [1.29, 1.82) is 0 Å². The molecular formula is C10H7BrF3IO2. The van der Waals surface area contributed by atoms with Crippen molar-refractivity contribution < 1.29 is 22.7 Å². The van der Waals surface area contributed by atoms with Crippen molar-refractivity contribution >= 4 is 44.3 Å². The molecule has 0 aliphatic rings. The number of alkyl halides is 4. The Kier molecular flexibility index (Phi) is 4.82. The Morgan fingerprint density at radius 3 is 2.47 bits per heavy atom. The van der Waals surface area contributed by atoms with Crippen molar-refractivity contribution in [3.8, 4) is 5.75 Å². The summed E-state index contributed by atoms with van der Waals surface area (Å²) in [5.41, 5.74) is -0.902. The second-order valence-corrected chi connectivity index (χ2v) is 4.81. The fraction of sp³-hybridized carbons (Fsp3) is 0.300. The fourth-order valence-corrected chi connectivity index (χ4v) is 2.28. The summed E-state index contributed by atoms with van der Waals surface area (Å²) in [4.78, 5) is 11.5. The molecule has 0 bridgehead atoms. The Labute approximate surface area is 118 Å². The number of hydrogen-bond donors (Lipinski definition) is 0. The van der Waals surface area contributed by atoms with E-state index in [1.54, 1.807) is 22.6 Å². The molecule has 2 nitrogen and oxygen atoms in total. The lowest BCUT2D eigenvalue weighted by molar-refractivity contribution is -0.138. The summed E-state index contributed by atoms with van der Waals surface area (Å²) in [6, 6.07) is 2.03. The minimum Gasteiger partial charge on any atom is -0.496 e. The predicted molar refractivity (Wildman–Crippen MR) is 68.8 cm³/mol. The van der Waals surface area contributed by atoms with Crippen LogP contribution in [0.3, 0.4) is 0 Å². The molecule has 0 aromatic heterocycles. The first-order chi connectivity index (χ1) is 7.81. The molecule has 0 saturated heterocycles. The third kappa shape index (κ3) is 3.34. The molecule has 1 rings (SSSR count). The molecule has 0 N–H and O–H groups in total. The van der Waals surface area contributed by atoms with Gasteiger partial charge in [0.15, 0.2) is 5.78 Å². The van der Waals surface area contributed by atoms with Gasteiger partial charge in [0.05, 0.1) is 23.6 Å². The molecule has 0 amide bonds. The third-order valence-electron chi connectivity index (χ3n) is 2.02. The lowest BCUT2D eigenvalue weighted by Gasteiger charge is -2.13. The van der Waals surface area contributed by atoms with Crippen LogP contribution in [0.15, 0.2) is 12.1 Å². The van der Waals surface area contributed by atoms with Crippen LogP contribution < -0.4 is 4.74 Å². The molecule has 0 aliphatic heterocycles. The molecule has 94 valence electrons. The van der Waals surface area contributed by atoms with E-state index >= 15 is 0 Å². The Balaban J connectivity index is 3.43. The van der Waals surface area contributed by atoms with Gasteiger partial charge in [0.25, 0.3) is 0 Å². The van der Waals surface area contributed by atoms with E-state index in [1.807, 2.05) is 0 Å². The lowest BCUT2D eigenvalue weighted by atomic mass is 10.1. The maximum Gasteiger partial charge on any atom is 0.417 e. The number of carbonyl (C=O) groups is 1. The maximum absolute atomic E-state index is 12.7. The average Bonchev–Trinajstić information content (AvgIpc) is 2.25.